The molecular formula is C15H11BrO3. The summed E-state index contributed by atoms with van der Waals surface area (Å²) in [6.45, 7) is 0. The van der Waals surface area contributed by atoms with E-state index in [0.717, 1.165) is 21.9 Å². The van der Waals surface area contributed by atoms with Crippen molar-refractivity contribution in [1.29, 1.82) is 0 Å². The Bertz CT molecular complexity index is 606. The fourth-order valence-electron chi connectivity index (χ4n) is 1.49. The Morgan fingerprint density at radius 2 is 1.84 bits per heavy atom. The van der Waals surface area contributed by atoms with E-state index >= 15 is 0 Å². The fourth-order valence-corrected chi connectivity index (χ4v) is 1.98. The zero-order chi connectivity index (χ0) is 13.7. The zero-order valence-corrected chi connectivity index (χ0v) is 11.5. The highest BCUT2D eigenvalue weighted by molar-refractivity contribution is 9.10. The molecule has 1 N–H and O–H groups in total. The molecule has 96 valence electrons. The molecule has 2 aromatic carbocycles. The Labute approximate surface area is 119 Å². The summed E-state index contributed by atoms with van der Waals surface area (Å²) in [5, 5.41) is 8.59. The van der Waals surface area contributed by atoms with Crippen LogP contribution in [0.4, 0.5) is 0 Å². The minimum Gasteiger partial charge on any atom is -0.478 e. The zero-order valence-electron chi connectivity index (χ0n) is 9.92. The lowest BCUT2D eigenvalue weighted by Crippen LogP contribution is -1.87. The summed E-state index contributed by atoms with van der Waals surface area (Å²) in [4.78, 5) is 10.5. The number of aliphatic carboxylic acids is 1. The minimum absolute atomic E-state index is 0.686. The maximum Gasteiger partial charge on any atom is 0.328 e. The first kappa shape index (κ1) is 13.4. The summed E-state index contributed by atoms with van der Waals surface area (Å²) in [7, 11) is 0. The average Bonchev–Trinajstić information content (AvgIpc) is 2.39. The smallest absolute Gasteiger partial charge is 0.328 e. The predicted molar refractivity (Wildman–Crippen MR) is 77.3 cm³/mol. The van der Waals surface area contributed by atoms with Crippen molar-refractivity contribution < 1.29 is 14.6 Å². The van der Waals surface area contributed by atoms with Gasteiger partial charge in [-0.2, -0.15) is 0 Å². The van der Waals surface area contributed by atoms with Gasteiger partial charge in [0.15, 0.2) is 0 Å². The second-order valence-corrected chi connectivity index (χ2v) is 4.62. The van der Waals surface area contributed by atoms with Crippen LogP contribution in [0, 0.1) is 0 Å². The van der Waals surface area contributed by atoms with E-state index in [1.807, 2.05) is 30.3 Å². The molecule has 0 aliphatic carbocycles. The molecule has 4 heteroatoms. The molecule has 0 aromatic heterocycles. The topological polar surface area (TPSA) is 46.5 Å². The highest BCUT2D eigenvalue weighted by Crippen LogP contribution is 2.27. The van der Waals surface area contributed by atoms with Crippen LogP contribution in [0.3, 0.4) is 0 Å². The summed E-state index contributed by atoms with van der Waals surface area (Å²) < 4.78 is 6.45. The lowest BCUT2D eigenvalue weighted by atomic mass is 10.2. The molecule has 0 atom stereocenters. The number of carboxylic acids is 1. The first-order valence-corrected chi connectivity index (χ1v) is 6.38. The minimum atomic E-state index is -0.975. The van der Waals surface area contributed by atoms with Crippen LogP contribution < -0.4 is 4.74 Å². The predicted octanol–water partition coefficient (Wildman–Crippen LogP) is 4.34. The number of ether oxygens (including phenoxy) is 1. The second kappa shape index (κ2) is 6.20. The van der Waals surface area contributed by atoms with Crippen LogP contribution in [-0.4, -0.2) is 11.1 Å². The molecule has 0 saturated carbocycles. The Morgan fingerprint density at radius 1 is 1.11 bits per heavy atom. The molecule has 3 nitrogen and oxygen atoms in total. The van der Waals surface area contributed by atoms with Crippen molar-refractivity contribution in [3.63, 3.8) is 0 Å². The van der Waals surface area contributed by atoms with E-state index in [-0.39, 0.29) is 0 Å². The van der Waals surface area contributed by atoms with Gasteiger partial charge in [0.2, 0.25) is 0 Å². The van der Waals surface area contributed by atoms with Crippen molar-refractivity contribution in [2.24, 2.45) is 0 Å². The lowest BCUT2D eigenvalue weighted by molar-refractivity contribution is -0.131. The number of halogens is 1. The molecule has 2 aromatic rings. The lowest BCUT2D eigenvalue weighted by Gasteiger charge is -2.07. The molecule has 0 amide bonds. The summed E-state index contributed by atoms with van der Waals surface area (Å²) in [6.07, 6.45) is 2.62. The van der Waals surface area contributed by atoms with Gasteiger partial charge < -0.3 is 9.84 Å². The number of carboxylic acid groups (broad SMARTS) is 1. The third kappa shape index (κ3) is 3.96. The molecule has 19 heavy (non-hydrogen) atoms. The number of benzene rings is 2. The van der Waals surface area contributed by atoms with Crippen LogP contribution in [0.15, 0.2) is 59.1 Å². The van der Waals surface area contributed by atoms with Gasteiger partial charge >= 0.3 is 5.97 Å². The van der Waals surface area contributed by atoms with Gasteiger partial charge in [-0.3, -0.25) is 0 Å². The van der Waals surface area contributed by atoms with Crippen LogP contribution in [-0.2, 0) is 4.79 Å². The highest BCUT2D eigenvalue weighted by Gasteiger charge is 2.01. The largest absolute Gasteiger partial charge is 0.478 e. The van der Waals surface area contributed by atoms with Gasteiger partial charge in [0.25, 0.3) is 0 Å². The van der Waals surface area contributed by atoms with E-state index in [9.17, 15) is 4.79 Å². The molecule has 0 aliphatic heterocycles. The normalized spacial score (nSPS) is 10.6. The monoisotopic (exact) mass is 318 g/mol. The summed E-state index contributed by atoms with van der Waals surface area (Å²) in [5.41, 5.74) is 0.780. The number of hydrogen-bond acceptors (Lipinski definition) is 2. The van der Waals surface area contributed by atoms with E-state index in [0.29, 0.717) is 5.75 Å². The number of carbonyl (C=O) groups is 1. The standard InChI is InChI=1S/C15H11BrO3/c16-14-10-13(19-12-4-2-1-3-5-12)8-6-11(14)7-9-15(17)18/h1-10H,(H,17,18)/b9-7+. The highest BCUT2D eigenvalue weighted by atomic mass is 79.9. The van der Waals surface area contributed by atoms with Gasteiger partial charge in [-0.1, -0.05) is 40.2 Å². The van der Waals surface area contributed by atoms with Crippen LogP contribution in [0.1, 0.15) is 5.56 Å². The molecule has 0 fully saturated rings. The molecule has 0 bridgehead atoms. The fraction of sp³-hybridized carbons (Fsp3) is 0. The van der Waals surface area contributed by atoms with Crippen LogP contribution >= 0.6 is 15.9 Å². The molecule has 0 saturated heterocycles. The van der Waals surface area contributed by atoms with Gasteiger partial charge in [-0.15, -0.1) is 0 Å². The Balaban J connectivity index is 2.17. The molecule has 0 aliphatic rings. The van der Waals surface area contributed by atoms with Crippen molar-refractivity contribution in [2.75, 3.05) is 0 Å². The van der Waals surface area contributed by atoms with E-state index in [4.69, 9.17) is 9.84 Å². The van der Waals surface area contributed by atoms with Crippen molar-refractivity contribution in [3.05, 3.63) is 64.6 Å². The average molecular weight is 319 g/mol. The summed E-state index contributed by atoms with van der Waals surface area (Å²) >= 11 is 3.39. The molecule has 0 radical (unpaired) electrons. The van der Waals surface area contributed by atoms with Gasteiger partial charge in [-0.05, 0) is 35.9 Å². The maximum absolute atomic E-state index is 10.5. The molecule has 0 unspecified atom stereocenters. The van der Waals surface area contributed by atoms with Crippen molar-refractivity contribution in [2.45, 2.75) is 0 Å². The molecular weight excluding hydrogens is 308 g/mol. The summed E-state index contributed by atoms with van der Waals surface area (Å²) in [5.74, 6) is 0.463. The number of para-hydroxylation sites is 1. The second-order valence-electron chi connectivity index (χ2n) is 3.77. The van der Waals surface area contributed by atoms with E-state index in [1.54, 1.807) is 18.2 Å². The van der Waals surface area contributed by atoms with Crippen LogP contribution in [0.25, 0.3) is 6.08 Å². The van der Waals surface area contributed by atoms with Crippen LogP contribution in [0.2, 0.25) is 0 Å². The third-order valence-corrected chi connectivity index (χ3v) is 3.04. The van der Waals surface area contributed by atoms with E-state index in [2.05, 4.69) is 15.9 Å². The van der Waals surface area contributed by atoms with Gasteiger partial charge in [0.05, 0.1) is 0 Å². The van der Waals surface area contributed by atoms with Gasteiger partial charge in [0, 0.05) is 10.5 Å². The van der Waals surface area contributed by atoms with Crippen molar-refractivity contribution >= 4 is 28.0 Å². The summed E-state index contributed by atoms with van der Waals surface area (Å²) in [6, 6.07) is 14.8. The first-order valence-electron chi connectivity index (χ1n) is 5.58. The van der Waals surface area contributed by atoms with Crippen LogP contribution in [0.5, 0.6) is 11.5 Å². The molecule has 0 heterocycles. The van der Waals surface area contributed by atoms with Crippen molar-refractivity contribution in [3.8, 4) is 11.5 Å². The number of rotatable bonds is 4. The SMILES string of the molecule is O=C(O)/C=C/c1ccc(Oc2ccccc2)cc1Br. The van der Waals surface area contributed by atoms with E-state index in [1.165, 1.54) is 6.08 Å². The Hall–Kier alpha value is -2.07. The third-order valence-electron chi connectivity index (χ3n) is 2.36. The number of hydrogen-bond donors (Lipinski definition) is 1. The first-order chi connectivity index (χ1) is 9.15. The molecule has 0 spiro atoms. The van der Waals surface area contributed by atoms with Crippen molar-refractivity contribution in [1.82, 2.24) is 0 Å². The van der Waals surface area contributed by atoms with Gasteiger partial charge in [-0.25, -0.2) is 4.79 Å². The van der Waals surface area contributed by atoms with Gasteiger partial charge in [0.1, 0.15) is 11.5 Å². The Morgan fingerprint density at radius 3 is 2.47 bits per heavy atom. The quantitative estimate of drug-likeness (QED) is 0.853. The van der Waals surface area contributed by atoms with E-state index < -0.39 is 5.97 Å². The Kier molecular flexibility index (Phi) is 4.36. The maximum atomic E-state index is 10.5. The molecule has 2 rings (SSSR count).